The van der Waals surface area contributed by atoms with Gasteiger partial charge in [-0.15, -0.1) is 11.6 Å². The zero-order chi connectivity index (χ0) is 14.8. The number of halogens is 2. The fraction of sp³-hybridized carbons (Fsp3) is 0.0667. The van der Waals surface area contributed by atoms with Crippen LogP contribution in [0.15, 0.2) is 47.4 Å². The molecule has 96 valence electrons. The molecular weight excluding hydrogens is 297 g/mol. The molecule has 1 aliphatic rings. The molecule has 0 spiro atoms. The van der Waals surface area contributed by atoms with Crippen molar-refractivity contribution in [1.82, 2.24) is 3.97 Å². The molecule has 1 aliphatic heterocycles. The van der Waals surface area contributed by atoms with Gasteiger partial charge in [0.15, 0.2) is 0 Å². The second-order valence-electron chi connectivity index (χ2n) is 4.50. The summed E-state index contributed by atoms with van der Waals surface area (Å²) in [5.41, 5.74) is 3.66. The minimum absolute atomic E-state index is 0.336. The molecule has 0 saturated heterocycles. The van der Waals surface area contributed by atoms with Gasteiger partial charge in [0.05, 0.1) is 17.1 Å². The van der Waals surface area contributed by atoms with Crippen molar-refractivity contribution < 1.29 is 0 Å². The van der Waals surface area contributed by atoms with Crippen molar-refractivity contribution in [2.45, 2.75) is 10.8 Å². The van der Waals surface area contributed by atoms with Gasteiger partial charge >= 0.3 is 0 Å². The lowest BCUT2D eigenvalue weighted by Gasteiger charge is -2.03. The highest BCUT2D eigenvalue weighted by Crippen LogP contribution is 2.48. The van der Waals surface area contributed by atoms with Crippen molar-refractivity contribution in [2.75, 3.05) is 0 Å². The first kappa shape index (κ1) is 9.76. The fourth-order valence-corrected chi connectivity index (χ4v) is 4.24. The Kier molecular flexibility index (Phi) is 2.16. The summed E-state index contributed by atoms with van der Waals surface area (Å²) in [5.74, 6) is 0.336. The molecule has 0 aliphatic carbocycles. The fourth-order valence-electron chi connectivity index (χ4n) is 2.64. The first-order chi connectivity index (χ1) is 10.1. The highest BCUT2D eigenvalue weighted by molar-refractivity contribution is 7.98. The van der Waals surface area contributed by atoms with Gasteiger partial charge in [0.2, 0.25) is 0 Å². The van der Waals surface area contributed by atoms with Gasteiger partial charge in [-0.25, -0.2) is 0 Å². The number of fused-ring (bicyclic) bond motifs is 5. The Bertz CT molecular complexity index is 889. The van der Waals surface area contributed by atoms with Gasteiger partial charge in [-0.1, -0.05) is 29.8 Å². The largest absolute Gasteiger partial charge is 0.303 e. The predicted molar refractivity (Wildman–Crippen MR) is 86.0 cm³/mol. The summed E-state index contributed by atoms with van der Waals surface area (Å²) in [7, 11) is 0. The van der Waals surface area contributed by atoms with Crippen molar-refractivity contribution in [2.24, 2.45) is 0 Å². The molecule has 0 atom stereocenters. The van der Waals surface area contributed by atoms with Gasteiger partial charge < -0.3 is 3.97 Å². The van der Waals surface area contributed by atoms with Crippen LogP contribution in [-0.2, 0) is 5.88 Å². The van der Waals surface area contributed by atoms with Crippen molar-refractivity contribution in [3.63, 3.8) is 0 Å². The van der Waals surface area contributed by atoms with Crippen molar-refractivity contribution in [3.05, 3.63) is 53.1 Å². The maximum absolute atomic E-state index is 8.61. The van der Waals surface area contributed by atoms with E-state index in [0.29, 0.717) is 10.9 Å². The molecule has 0 fully saturated rings. The van der Waals surface area contributed by atoms with E-state index in [0.717, 1.165) is 32.6 Å². The molecule has 0 saturated carbocycles. The zero-order valence-corrected chi connectivity index (χ0v) is 12.2. The van der Waals surface area contributed by atoms with Gasteiger partial charge in [-0.3, -0.25) is 0 Å². The summed E-state index contributed by atoms with van der Waals surface area (Å²) in [6.45, 7) is 0. The van der Waals surface area contributed by atoms with Crippen molar-refractivity contribution in [1.29, 1.82) is 2.25 Å². The molecule has 0 bridgehead atoms. The van der Waals surface area contributed by atoms with Gasteiger partial charge in [0, 0.05) is 26.4 Å². The Morgan fingerprint density at radius 3 is 2.89 bits per heavy atom. The highest BCUT2D eigenvalue weighted by Gasteiger charge is 2.24. The van der Waals surface area contributed by atoms with Crippen LogP contribution in [-0.4, -0.2) is 6.22 Å². The van der Waals surface area contributed by atoms with E-state index in [-0.39, 0.29) is 0 Å². The van der Waals surface area contributed by atoms with Gasteiger partial charge in [-0.05, 0) is 24.3 Å². The molecule has 0 radical (unpaired) electrons. The molecule has 1 aromatic heterocycles. The molecule has 19 heavy (non-hydrogen) atoms. The Labute approximate surface area is 127 Å². The SMILES string of the molecule is [2H]S1([2H])c2ccccc2-c2c(CCl)c3cc(Cl)ccc3n21. The average molecular weight is 310 g/mol. The Morgan fingerprint density at radius 1 is 1.21 bits per heavy atom. The van der Waals surface area contributed by atoms with Gasteiger partial charge in [0.1, 0.15) is 2.25 Å². The van der Waals surface area contributed by atoms with Crippen LogP contribution in [0.2, 0.25) is 5.02 Å². The maximum Gasteiger partial charge on any atom is 0.106 e. The second kappa shape index (κ2) is 4.20. The summed E-state index contributed by atoms with van der Waals surface area (Å²) in [4.78, 5) is 0.767. The smallest absolute Gasteiger partial charge is 0.106 e. The van der Waals surface area contributed by atoms with Crippen LogP contribution in [0.5, 0.6) is 0 Å². The molecule has 2 aromatic carbocycles. The lowest BCUT2D eigenvalue weighted by molar-refractivity contribution is 1.33. The van der Waals surface area contributed by atoms with E-state index in [9.17, 15) is 0 Å². The Balaban J connectivity index is 2.23. The van der Waals surface area contributed by atoms with Crippen LogP contribution in [0.1, 0.15) is 5.56 Å². The van der Waals surface area contributed by atoms with E-state index < -0.39 is 11.8 Å². The third-order valence-corrected chi connectivity index (χ3v) is 5.07. The summed E-state index contributed by atoms with van der Waals surface area (Å²) in [6, 6.07) is 13.2. The normalized spacial score (nSPS) is 18.6. The first-order valence-electron chi connectivity index (χ1n) is 6.78. The number of aromatic nitrogens is 1. The Hall–Kier alpha value is -1.09. The van der Waals surface area contributed by atoms with E-state index >= 15 is 0 Å². The van der Waals surface area contributed by atoms with E-state index in [1.54, 1.807) is 6.07 Å². The molecule has 4 rings (SSSR count). The number of nitrogens with zero attached hydrogens (tertiary/aromatic N) is 1. The minimum Gasteiger partial charge on any atom is -0.303 e. The minimum atomic E-state index is -2.58. The van der Waals surface area contributed by atoms with E-state index in [4.69, 9.17) is 25.4 Å². The van der Waals surface area contributed by atoms with Crippen LogP contribution in [0.3, 0.4) is 0 Å². The summed E-state index contributed by atoms with van der Waals surface area (Å²) in [5, 5.41) is 1.58. The first-order valence-corrected chi connectivity index (χ1v) is 7.64. The topological polar surface area (TPSA) is 4.93 Å². The van der Waals surface area contributed by atoms with Crippen molar-refractivity contribution in [3.8, 4) is 11.3 Å². The molecule has 0 unspecified atom stereocenters. The lowest BCUT2D eigenvalue weighted by Crippen LogP contribution is -1.83. The highest BCUT2D eigenvalue weighted by atomic mass is 35.5. The summed E-state index contributed by atoms with van der Waals surface area (Å²) < 4.78 is 19.0. The lowest BCUT2D eigenvalue weighted by atomic mass is 10.1. The second-order valence-corrected chi connectivity index (χ2v) is 6.20. The van der Waals surface area contributed by atoms with Gasteiger partial charge in [-0.2, -0.15) is 11.8 Å². The van der Waals surface area contributed by atoms with Crippen LogP contribution in [0.4, 0.5) is 0 Å². The summed E-state index contributed by atoms with van der Waals surface area (Å²) in [6.07, 6.45) is 0. The number of alkyl halides is 1. The third kappa shape index (κ3) is 1.57. The van der Waals surface area contributed by atoms with Crippen LogP contribution >= 0.6 is 35.0 Å². The van der Waals surface area contributed by atoms with E-state index in [1.165, 1.54) is 0 Å². The number of hydrogen-bond acceptors (Lipinski definition) is 0. The van der Waals surface area contributed by atoms with Crippen LogP contribution in [0.25, 0.3) is 22.2 Å². The monoisotopic (exact) mass is 309 g/mol. The molecule has 0 amide bonds. The molecular formula is C15H11Cl2NS. The summed E-state index contributed by atoms with van der Waals surface area (Å²) >= 11 is 9.70. The Morgan fingerprint density at radius 2 is 2.05 bits per heavy atom. The molecule has 2 heterocycles. The average Bonchev–Trinajstić information content (AvgIpc) is 2.91. The molecule has 1 nitrogen and oxygen atoms in total. The van der Waals surface area contributed by atoms with Crippen LogP contribution in [0, 0.1) is 0 Å². The molecule has 0 N–H and O–H groups in total. The van der Waals surface area contributed by atoms with Gasteiger partial charge in [0.25, 0.3) is 0 Å². The number of benzene rings is 2. The molecule has 4 heteroatoms. The predicted octanol–water partition coefficient (Wildman–Crippen LogP) is 5.03. The van der Waals surface area contributed by atoms with E-state index in [2.05, 4.69) is 0 Å². The maximum atomic E-state index is 8.61. The zero-order valence-electron chi connectivity index (χ0n) is 11.9. The van der Waals surface area contributed by atoms with Crippen LogP contribution < -0.4 is 0 Å². The number of rotatable bonds is 1. The van der Waals surface area contributed by atoms with Crippen molar-refractivity contribution >= 4 is 45.9 Å². The van der Waals surface area contributed by atoms with E-state index in [1.807, 2.05) is 40.4 Å². The number of hydrogen-bond donors (Lipinski definition) is 0. The molecule has 3 aromatic rings. The third-order valence-electron chi connectivity index (χ3n) is 3.46. The standard InChI is InChI=1S/C15H11Cl2NS/c16-8-12-11-7-9(17)5-6-13(11)18-15(12)10-3-1-2-4-14(10)19-18/h1-7H,8,19H2/i19D2. The quantitative estimate of drug-likeness (QED) is 0.555.